The van der Waals surface area contributed by atoms with Gasteiger partial charge in [-0.3, -0.25) is 0 Å². The van der Waals surface area contributed by atoms with E-state index < -0.39 is 47.5 Å². The van der Waals surface area contributed by atoms with E-state index in [4.69, 9.17) is 18.8 Å². The Morgan fingerprint density at radius 1 is 0.972 bits per heavy atom. The highest BCUT2D eigenvalue weighted by molar-refractivity contribution is 6.62. The van der Waals surface area contributed by atoms with Crippen molar-refractivity contribution < 1.29 is 41.1 Å². The first-order valence-electron chi connectivity index (χ1n) is 11.3. The number of benzene rings is 2. The second kappa shape index (κ2) is 8.93. The summed E-state index contributed by atoms with van der Waals surface area (Å²) in [5.41, 5.74) is -3.00. The first-order valence-corrected chi connectivity index (χ1v) is 11.3. The van der Waals surface area contributed by atoms with Gasteiger partial charge in [0.2, 0.25) is 0 Å². The molecule has 2 fully saturated rings. The van der Waals surface area contributed by atoms with E-state index in [1.165, 1.54) is 18.2 Å². The SMILES string of the molecule is CC1(Oc2ccc(NC(=O)Nc3ccc(B4OC(C)(C)C(C)(C)O4)cc3F)cc2C(F)(F)F)COC1. The molecule has 2 heterocycles. The van der Waals surface area contributed by atoms with Gasteiger partial charge in [-0.25, -0.2) is 9.18 Å². The molecule has 2 aromatic carbocycles. The van der Waals surface area contributed by atoms with Gasteiger partial charge in [0.05, 0.1) is 35.7 Å². The number of carbonyl (C=O) groups is 1. The maximum absolute atomic E-state index is 14.7. The van der Waals surface area contributed by atoms with Crippen LogP contribution >= 0.6 is 0 Å². The van der Waals surface area contributed by atoms with Crippen LogP contribution in [0.2, 0.25) is 0 Å². The van der Waals surface area contributed by atoms with Crippen LogP contribution in [0.15, 0.2) is 36.4 Å². The Kier molecular flexibility index (Phi) is 6.51. The Bertz CT molecular complexity index is 1150. The molecule has 2 aliphatic heterocycles. The molecule has 2 aliphatic rings. The number of amides is 2. The molecule has 4 rings (SSSR count). The Labute approximate surface area is 206 Å². The number of hydrogen-bond acceptors (Lipinski definition) is 5. The molecular weight excluding hydrogens is 483 g/mol. The zero-order chi connectivity index (χ0) is 26.5. The number of nitrogens with one attached hydrogen (secondary N) is 2. The molecule has 0 aliphatic carbocycles. The fourth-order valence-corrected chi connectivity index (χ4v) is 3.68. The molecule has 0 saturated carbocycles. The van der Waals surface area contributed by atoms with Crippen molar-refractivity contribution in [3.8, 4) is 5.75 Å². The number of rotatable bonds is 5. The van der Waals surface area contributed by atoms with Crippen LogP contribution in [-0.4, -0.2) is 43.2 Å². The van der Waals surface area contributed by atoms with Gasteiger partial charge in [0.1, 0.15) is 11.6 Å². The van der Waals surface area contributed by atoms with E-state index in [0.717, 1.165) is 12.1 Å². The minimum absolute atomic E-state index is 0.142. The van der Waals surface area contributed by atoms with Crippen molar-refractivity contribution in [1.29, 1.82) is 0 Å². The highest BCUT2D eigenvalue weighted by atomic mass is 19.4. The fourth-order valence-electron chi connectivity index (χ4n) is 3.68. The highest BCUT2D eigenvalue weighted by Gasteiger charge is 2.51. The van der Waals surface area contributed by atoms with Gasteiger partial charge >= 0.3 is 19.3 Å². The van der Waals surface area contributed by atoms with Crippen LogP contribution in [0.5, 0.6) is 5.75 Å². The monoisotopic (exact) mass is 510 g/mol. The zero-order valence-corrected chi connectivity index (χ0v) is 20.5. The summed E-state index contributed by atoms with van der Waals surface area (Å²) < 4.78 is 77.9. The second-order valence-electron chi connectivity index (χ2n) is 10.2. The van der Waals surface area contributed by atoms with E-state index in [1.807, 2.05) is 27.7 Å². The highest BCUT2D eigenvalue weighted by Crippen LogP contribution is 2.40. The van der Waals surface area contributed by atoms with Gasteiger partial charge in [-0.2, -0.15) is 13.2 Å². The Hall–Kier alpha value is -2.83. The van der Waals surface area contributed by atoms with Crippen molar-refractivity contribution in [3.05, 3.63) is 47.8 Å². The van der Waals surface area contributed by atoms with Crippen molar-refractivity contribution in [2.75, 3.05) is 23.8 Å². The van der Waals surface area contributed by atoms with Crippen LogP contribution in [0.4, 0.5) is 33.7 Å². The molecule has 2 amide bonds. The number of urea groups is 1. The third kappa shape index (κ3) is 5.30. The molecular formula is C24H27BF4N2O5. The minimum atomic E-state index is -4.72. The van der Waals surface area contributed by atoms with E-state index in [9.17, 15) is 22.4 Å². The summed E-state index contributed by atoms with van der Waals surface area (Å²) in [5.74, 6) is -1.13. The smallest absolute Gasteiger partial charge is 0.482 e. The Morgan fingerprint density at radius 3 is 2.14 bits per heavy atom. The molecule has 36 heavy (non-hydrogen) atoms. The van der Waals surface area contributed by atoms with Crippen LogP contribution in [0.25, 0.3) is 0 Å². The van der Waals surface area contributed by atoms with Crippen LogP contribution in [-0.2, 0) is 20.2 Å². The molecule has 0 radical (unpaired) electrons. The third-order valence-corrected chi connectivity index (χ3v) is 6.48. The van der Waals surface area contributed by atoms with Gasteiger partial charge in [0.25, 0.3) is 0 Å². The maximum atomic E-state index is 14.7. The van der Waals surface area contributed by atoms with Crippen LogP contribution in [0.1, 0.15) is 40.2 Å². The quantitative estimate of drug-likeness (QED) is 0.440. The van der Waals surface area contributed by atoms with Crippen molar-refractivity contribution in [3.63, 3.8) is 0 Å². The van der Waals surface area contributed by atoms with Crippen molar-refractivity contribution >= 4 is 30.0 Å². The van der Waals surface area contributed by atoms with Crippen molar-refractivity contribution in [2.24, 2.45) is 0 Å². The van der Waals surface area contributed by atoms with Gasteiger partial charge in [0.15, 0.2) is 5.60 Å². The van der Waals surface area contributed by atoms with Gasteiger partial charge < -0.3 is 29.4 Å². The Morgan fingerprint density at radius 2 is 1.61 bits per heavy atom. The largest absolute Gasteiger partial charge is 0.494 e. The lowest BCUT2D eigenvalue weighted by atomic mass is 9.79. The molecule has 7 nitrogen and oxygen atoms in total. The van der Waals surface area contributed by atoms with E-state index in [0.29, 0.717) is 5.46 Å². The number of ether oxygens (including phenoxy) is 2. The fraction of sp³-hybridized carbons (Fsp3) is 0.458. The average molecular weight is 510 g/mol. The molecule has 2 saturated heterocycles. The second-order valence-corrected chi connectivity index (χ2v) is 10.2. The number of hydrogen-bond donors (Lipinski definition) is 2. The molecule has 0 spiro atoms. The van der Waals surface area contributed by atoms with Gasteiger partial charge in [0, 0.05) is 5.69 Å². The summed E-state index contributed by atoms with van der Waals surface area (Å²) in [7, 11) is -0.789. The molecule has 2 aromatic rings. The lowest BCUT2D eigenvalue weighted by molar-refractivity contribution is -0.160. The summed E-state index contributed by atoms with van der Waals surface area (Å²) >= 11 is 0. The normalized spacial score (nSPS) is 20.0. The topological polar surface area (TPSA) is 78.1 Å². The summed E-state index contributed by atoms with van der Waals surface area (Å²) in [6.45, 7) is 9.46. The molecule has 12 heteroatoms. The molecule has 0 atom stereocenters. The van der Waals surface area contributed by atoms with Gasteiger partial charge in [-0.1, -0.05) is 6.07 Å². The summed E-state index contributed by atoms with van der Waals surface area (Å²) in [6, 6.07) is 6.28. The van der Waals surface area contributed by atoms with Crippen LogP contribution < -0.4 is 20.8 Å². The predicted molar refractivity (Wildman–Crippen MR) is 126 cm³/mol. The average Bonchev–Trinajstić information content (AvgIpc) is 2.95. The van der Waals surface area contributed by atoms with Crippen molar-refractivity contribution in [2.45, 2.75) is 57.6 Å². The number of alkyl halides is 3. The number of halogens is 4. The molecule has 0 bridgehead atoms. The summed E-state index contributed by atoms with van der Waals surface area (Å²) in [4.78, 5) is 12.4. The van der Waals surface area contributed by atoms with E-state index in [-0.39, 0.29) is 30.3 Å². The summed E-state index contributed by atoms with van der Waals surface area (Å²) in [6.07, 6.45) is -4.72. The van der Waals surface area contributed by atoms with E-state index in [2.05, 4.69) is 10.6 Å². The molecule has 0 unspecified atom stereocenters. The van der Waals surface area contributed by atoms with Crippen LogP contribution in [0.3, 0.4) is 0 Å². The standard InChI is InChI=1S/C24H27BF4N2O5/c1-21(2)22(3,4)36-25(35-21)14-6-8-18(17(26)10-14)31-20(32)30-15-7-9-19(16(11-15)24(27,28)29)34-23(5)12-33-13-23/h6-11H,12-13H2,1-5H3,(H2,30,31,32). The number of anilines is 2. The predicted octanol–water partition coefficient (Wildman–Crippen LogP) is 4.96. The zero-order valence-electron chi connectivity index (χ0n) is 20.5. The first-order chi connectivity index (χ1) is 16.6. The van der Waals surface area contributed by atoms with Gasteiger partial charge in [-0.05, 0) is 70.4 Å². The summed E-state index contributed by atoms with van der Waals surface area (Å²) in [5, 5.41) is 4.60. The van der Waals surface area contributed by atoms with Crippen molar-refractivity contribution in [1.82, 2.24) is 0 Å². The molecule has 2 N–H and O–H groups in total. The lowest BCUT2D eigenvalue weighted by Crippen LogP contribution is -2.51. The maximum Gasteiger partial charge on any atom is 0.494 e. The molecule has 194 valence electrons. The van der Waals surface area contributed by atoms with E-state index in [1.54, 1.807) is 13.0 Å². The Balaban J connectivity index is 1.45. The first kappa shape index (κ1) is 26.2. The minimum Gasteiger partial charge on any atom is -0.482 e. The van der Waals surface area contributed by atoms with Gasteiger partial charge in [-0.15, -0.1) is 0 Å². The lowest BCUT2D eigenvalue weighted by Gasteiger charge is -2.38. The molecule has 0 aromatic heterocycles. The van der Waals surface area contributed by atoms with E-state index >= 15 is 0 Å². The van der Waals surface area contributed by atoms with Crippen LogP contribution in [0, 0.1) is 5.82 Å². The third-order valence-electron chi connectivity index (χ3n) is 6.48. The number of carbonyl (C=O) groups excluding carboxylic acids is 1.